The molecule has 2 N–H and O–H groups in total. The molecular weight excluding hydrogens is 381 g/mol. The molecule has 0 bridgehead atoms. The van der Waals surface area contributed by atoms with E-state index in [2.05, 4.69) is 15.1 Å². The molecule has 0 radical (unpaired) electrons. The summed E-state index contributed by atoms with van der Waals surface area (Å²) >= 11 is 0. The maximum Gasteiger partial charge on any atom is 0.155 e. The predicted octanol–water partition coefficient (Wildman–Crippen LogP) is 3.55. The minimum absolute atomic E-state index is 0.138. The summed E-state index contributed by atoms with van der Waals surface area (Å²) in [7, 11) is 0. The molecule has 0 aliphatic rings. The lowest BCUT2D eigenvalue weighted by molar-refractivity contribution is 0.615. The number of rotatable bonds is 4. The van der Waals surface area contributed by atoms with E-state index < -0.39 is 0 Å². The quantitative estimate of drug-likeness (QED) is 0.499. The van der Waals surface area contributed by atoms with Gasteiger partial charge >= 0.3 is 0 Å². The summed E-state index contributed by atoms with van der Waals surface area (Å²) < 4.78 is 18.2. The fraction of sp³-hybridized carbons (Fsp3) is 0.0909. The fourth-order valence-electron chi connectivity index (χ4n) is 3.57. The number of hydrogen-bond donors (Lipinski definition) is 1. The van der Waals surface area contributed by atoms with Crippen LogP contribution in [0.5, 0.6) is 0 Å². The number of aryl methyl sites for hydroxylation is 1. The van der Waals surface area contributed by atoms with Crippen molar-refractivity contribution in [2.24, 2.45) is 5.73 Å². The summed E-state index contributed by atoms with van der Waals surface area (Å²) in [5, 5.41) is 4.21. The highest BCUT2D eigenvalue weighted by Crippen LogP contribution is 2.35. The zero-order valence-electron chi connectivity index (χ0n) is 16.2. The van der Waals surface area contributed by atoms with Gasteiger partial charge in [-0.3, -0.25) is 9.55 Å². The maximum atomic E-state index is 14.8. The second kappa shape index (κ2) is 7.16. The van der Waals surface area contributed by atoms with Crippen LogP contribution < -0.4 is 5.73 Å². The van der Waals surface area contributed by atoms with Crippen molar-refractivity contribution in [3.8, 4) is 28.3 Å². The molecule has 0 fully saturated rings. The number of pyridine rings is 2. The number of benzene rings is 1. The van der Waals surface area contributed by atoms with Crippen molar-refractivity contribution in [3.05, 3.63) is 84.5 Å². The van der Waals surface area contributed by atoms with Gasteiger partial charge in [-0.15, -0.1) is 0 Å². The molecule has 8 heteroatoms. The van der Waals surface area contributed by atoms with E-state index in [1.165, 1.54) is 12.4 Å². The Labute approximate surface area is 171 Å². The van der Waals surface area contributed by atoms with E-state index in [9.17, 15) is 4.39 Å². The Balaban J connectivity index is 1.86. The smallest absolute Gasteiger partial charge is 0.155 e. The molecule has 0 aliphatic heterocycles. The van der Waals surface area contributed by atoms with Gasteiger partial charge in [0, 0.05) is 17.5 Å². The molecule has 5 rings (SSSR count). The summed E-state index contributed by atoms with van der Waals surface area (Å²) in [5.41, 5.74) is 10.8. The molecule has 0 saturated carbocycles. The number of nitrogens with two attached hydrogens (primary N) is 1. The molecule has 5 aromatic rings. The zero-order valence-corrected chi connectivity index (χ0v) is 16.2. The van der Waals surface area contributed by atoms with Crippen LogP contribution in [0.25, 0.3) is 34.0 Å². The number of fused-ring (bicyclic) bond motifs is 1. The fourth-order valence-corrected chi connectivity index (χ4v) is 3.57. The number of hydrogen-bond acceptors (Lipinski definition) is 5. The van der Waals surface area contributed by atoms with Crippen molar-refractivity contribution in [3.63, 3.8) is 0 Å². The topological polar surface area (TPSA) is 86.9 Å². The highest BCUT2D eigenvalue weighted by molar-refractivity contribution is 5.79. The number of aromatic nitrogens is 6. The van der Waals surface area contributed by atoms with Crippen LogP contribution in [-0.2, 0) is 6.54 Å². The SMILES string of the molecule is Cc1cccc(-c2c(-c3ccc4ncnn4c3)nc(CN)n2-c2ccccc2F)n1. The van der Waals surface area contributed by atoms with Crippen molar-refractivity contribution in [2.75, 3.05) is 0 Å². The molecule has 0 atom stereocenters. The first-order chi connectivity index (χ1) is 14.7. The second-order valence-corrected chi connectivity index (χ2v) is 6.86. The Morgan fingerprint density at radius 3 is 2.67 bits per heavy atom. The van der Waals surface area contributed by atoms with Crippen molar-refractivity contribution in [1.82, 2.24) is 29.1 Å². The summed E-state index contributed by atoms with van der Waals surface area (Å²) in [6.07, 6.45) is 3.33. The van der Waals surface area contributed by atoms with Gasteiger partial charge in [0.25, 0.3) is 0 Å². The number of halogens is 1. The molecular formula is C22H18FN7. The van der Waals surface area contributed by atoms with Gasteiger partial charge in [0.05, 0.1) is 23.6 Å². The summed E-state index contributed by atoms with van der Waals surface area (Å²) in [6, 6.07) is 16.1. The lowest BCUT2D eigenvalue weighted by atomic mass is 10.1. The monoisotopic (exact) mass is 399 g/mol. The highest BCUT2D eigenvalue weighted by atomic mass is 19.1. The largest absolute Gasteiger partial charge is 0.324 e. The first kappa shape index (κ1) is 18.1. The van der Waals surface area contributed by atoms with E-state index in [1.54, 1.807) is 27.3 Å². The first-order valence-electron chi connectivity index (χ1n) is 9.46. The van der Waals surface area contributed by atoms with Crippen molar-refractivity contribution in [1.29, 1.82) is 0 Å². The molecule has 0 unspecified atom stereocenters. The molecule has 148 valence electrons. The molecule has 0 aliphatic carbocycles. The Bertz CT molecular complexity index is 1370. The molecule has 0 saturated heterocycles. The third-order valence-electron chi connectivity index (χ3n) is 4.90. The standard InChI is InChI=1S/C22H18FN7/c1-14-5-4-7-17(27-14)22-21(15-9-10-19-25-13-26-29(19)12-15)28-20(11-24)30(22)18-8-3-2-6-16(18)23/h2-10,12-13H,11,24H2,1H3. The van der Waals surface area contributed by atoms with E-state index >= 15 is 0 Å². The third kappa shape index (κ3) is 2.94. The van der Waals surface area contributed by atoms with Crippen LogP contribution in [0.4, 0.5) is 4.39 Å². The summed E-state index contributed by atoms with van der Waals surface area (Å²) in [6.45, 7) is 2.05. The highest BCUT2D eigenvalue weighted by Gasteiger charge is 2.23. The van der Waals surface area contributed by atoms with E-state index in [0.29, 0.717) is 28.6 Å². The van der Waals surface area contributed by atoms with Gasteiger partial charge < -0.3 is 5.73 Å². The van der Waals surface area contributed by atoms with Crippen LogP contribution in [-0.4, -0.2) is 29.1 Å². The molecule has 1 aromatic carbocycles. The van der Waals surface area contributed by atoms with Crippen LogP contribution >= 0.6 is 0 Å². The van der Waals surface area contributed by atoms with Crippen LogP contribution in [0.2, 0.25) is 0 Å². The minimum Gasteiger partial charge on any atom is -0.324 e. The lowest BCUT2D eigenvalue weighted by Gasteiger charge is -2.13. The van der Waals surface area contributed by atoms with Gasteiger partial charge in [-0.1, -0.05) is 18.2 Å². The maximum absolute atomic E-state index is 14.8. The van der Waals surface area contributed by atoms with E-state index in [1.807, 2.05) is 43.5 Å². The van der Waals surface area contributed by atoms with E-state index in [-0.39, 0.29) is 12.4 Å². The molecule has 7 nitrogen and oxygen atoms in total. The van der Waals surface area contributed by atoms with Crippen LogP contribution in [0.1, 0.15) is 11.5 Å². The Morgan fingerprint density at radius 2 is 1.87 bits per heavy atom. The molecule has 4 aromatic heterocycles. The predicted molar refractivity (Wildman–Crippen MR) is 111 cm³/mol. The summed E-state index contributed by atoms with van der Waals surface area (Å²) in [5.74, 6) is 0.170. The molecule has 0 spiro atoms. The van der Waals surface area contributed by atoms with Crippen molar-refractivity contribution in [2.45, 2.75) is 13.5 Å². The van der Waals surface area contributed by atoms with E-state index in [0.717, 1.165) is 16.9 Å². The summed E-state index contributed by atoms with van der Waals surface area (Å²) in [4.78, 5) is 13.7. The van der Waals surface area contributed by atoms with Gasteiger partial charge in [0.2, 0.25) is 0 Å². The zero-order chi connectivity index (χ0) is 20.7. The Morgan fingerprint density at radius 1 is 1.00 bits per heavy atom. The lowest BCUT2D eigenvalue weighted by Crippen LogP contribution is -2.09. The Kier molecular flexibility index (Phi) is 4.33. The first-order valence-corrected chi connectivity index (χ1v) is 9.46. The van der Waals surface area contributed by atoms with Crippen molar-refractivity contribution < 1.29 is 4.39 Å². The number of para-hydroxylation sites is 1. The molecule has 30 heavy (non-hydrogen) atoms. The average molecular weight is 399 g/mol. The number of imidazole rings is 1. The third-order valence-corrected chi connectivity index (χ3v) is 4.90. The number of nitrogens with zero attached hydrogens (tertiary/aromatic N) is 6. The molecule has 4 heterocycles. The van der Waals surface area contributed by atoms with Crippen LogP contribution in [0.3, 0.4) is 0 Å². The van der Waals surface area contributed by atoms with Crippen LogP contribution in [0, 0.1) is 12.7 Å². The van der Waals surface area contributed by atoms with E-state index in [4.69, 9.17) is 10.7 Å². The van der Waals surface area contributed by atoms with Crippen molar-refractivity contribution >= 4 is 5.65 Å². The average Bonchev–Trinajstić information content (AvgIpc) is 3.38. The van der Waals surface area contributed by atoms with Gasteiger partial charge in [-0.25, -0.2) is 18.9 Å². The van der Waals surface area contributed by atoms with Gasteiger partial charge in [-0.2, -0.15) is 5.10 Å². The Hall–Kier alpha value is -3.91. The second-order valence-electron chi connectivity index (χ2n) is 6.86. The molecule has 0 amide bonds. The van der Waals surface area contributed by atoms with Gasteiger partial charge in [-0.05, 0) is 43.3 Å². The normalized spacial score (nSPS) is 11.3. The van der Waals surface area contributed by atoms with Gasteiger partial charge in [0.1, 0.15) is 23.7 Å². The van der Waals surface area contributed by atoms with Gasteiger partial charge in [0.15, 0.2) is 5.65 Å². The minimum atomic E-state index is -0.364. The van der Waals surface area contributed by atoms with Crippen LogP contribution in [0.15, 0.2) is 67.1 Å².